The number of imidazole rings is 1. The van der Waals surface area contributed by atoms with Crippen LogP contribution in [0.1, 0.15) is 0 Å². The highest BCUT2D eigenvalue weighted by Crippen LogP contribution is 2.20. The molecule has 19 heavy (non-hydrogen) atoms. The monoisotopic (exact) mass is 263 g/mol. The number of hydrogen-bond acceptors (Lipinski definition) is 6. The van der Waals surface area contributed by atoms with Gasteiger partial charge in [-0.1, -0.05) is 0 Å². The zero-order valence-corrected chi connectivity index (χ0v) is 10.1. The smallest absolute Gasteiger partial charge is 0.271 e. The molecule has 0 radical (unpaired) electrons. The standard InChI is InChI=1S/C11H13N5O3/c17-16(18)8-1-2-9-10(7-8)13-11(12-9)14-15-3-5-19-6-4-15/h1-2,7H,3-6H2,(H2,12,13,14). The molecule has 8 heteroatoms. The molecule has 0 unspecified atom stereocenters. The molecule has 1 aliphatic heterocycles. The largest absolute Gasteiger partial charge is 0.379 e. The maximum atomic E-state index is 10.7. The van der Waals surface area contributed by atoms with Crippen molar-refractivity contribution in [2.24, 2.45) is 0 Å². The zero-order chi connectivity index (χ0) is 13.2. The van der Waals surface area contributed by atoms with E-state index in [1.165, 1.54) is 12.1 Å². The third-order valence-electron chi connectivity index (χ3n) is 2.95. The number of ether oxygens (including phenoxy) is 1. The first-order valence-electron chi connectivity index (χ1n) is 5.96. The Morgan fingerprint density at radius 3 is 2.95 bits per heavy atom. The first-order chi connectivity index (χ1) is 9.22. The van der Waals surface area contributed by atoms with Gasteiger partial charge in [0.15, 0.2) is 0 Å². The molecular formula is C11H13N5O3. The third kappa shape index (κ3) is 2.49. The average molecular weight is 263 g/mol. The van der Waals surface area contributed by atoms with Gasteiger partial charge in [0.2, 0.25) is 5.95 Å². The van der Waals surface area contributed by atoms with Crippen LogP contribution in [0.4, 0.5) is 11.6 Å². The molecule has 100 valence electrons. The molecule has 2 aromatic rings. The van der Waals surface area contributed by atoms with Gasteiger partial charge in [0.25, 0.3) is 5.69 Å². The van der Waals surface area contributed by atoms with E-state index in [4.69, 9.17) is 4.74 Å². The van der Waals surface area contributed by atoms with Crippen LogP contribution in [0.2, 0.25) is 0 Å². The van der Waals surface area contributed by atoms with E-state index < -0.39 is 4.92 Å². The fourth-order valence-corrected chi connectivity index (χ4v) is 1.99. The summed E-state index contributed by atoms with van der Waals surface area (Å²) < 4.78 is 5.25. The van der Waals surface area contributed by atoms with Crippen LogP contribution in [0.5, 0.6) is 0 Å². The van der Waals surface area contributed by atoms with Crippen molar-refractivity contribution in [1.82, 2.24) is 15.0 Å². The van der Waals surface area contributed by atoms with Gasteiger partial charge in [0.1, 0.15) is 0 Å². The summed E-state index contributed by atoms with van der Waals surface area (Å²) in [5.74, 6) is 0.581. The molecule has 0 atom stereocenters. The Labute approximate surface area is 108 Å². The SMILES string of the molecule is O=[N+]([O-])c1ccc2nc(NN3CCOCC3)[nH]c2c1. The zero-order valence-electron chi connectivity index (χ0n) is 10.1. The van der Waals surface area contributed by atoms with Crippen LogP contribution in [0.15, 0.2) is 18.2 Å². The number of aromatic amines is 1. The number of benzene rings is 1. The summed E-state index contributed by atoms with van der Waals surface area (Å²) in [6.45, 7) is 2.91. The number of morpholine rings is 1. The Kier molecular flexibility index (Phi) is 3.02. The molecule has 8 nitrogen and oxygen atoms in total. The molecule has 0 amide bonds. The summed E-state index contributed by atoms with van der Waals surface area (Å²) in [5.41, 5.74) is 4.53. The van der Waals surface area contributed by atoms with Crippen molar-refractivity contribution in [3.8, 4) is 0 Å². The van der Waals surface area contributed by atoms with Crippen molar-refractivity contribution in [3.63, 3.8) is 0 Å². The number of hydrogen-bond donors (Lipinski definition) is 2. The second kappa shape index (κ2) is 4.82. The van der Waals surface area contributed by atoms with Crippen molar-refractivity contribution in [3.05, 3.63) is 28.3 Å². The molecule has 2 N–H and O–H groups in total. The Bertz CT molecular complexity index is 605. The lowest BCUT2D eigenvalue weighted by molar-refractivity contribution is -0.384. The molecule has 1 aliphatic rings. The number of H-pyrrole nitrogens is 1. The first kappa shape index (κ1) is 11.9. The average Bonchev–Trinajstić information content (AvgIpc) is 2.80. The van der Waals surface area contributed by atoms with Gasteiger partial charge in [-0.15, -0.1) is 0 Å². The van der Waals surface area contributed by atoms with E-state index in [9.17, 15) is 10.1 Å². The molecule has 0 bridgehead atoms. The molecule has 0 aliphatic carbocycles. The maximum absolute atomic E-state index is 10.7. The lowest BCUT2D eigenvalue weighted by atomic mass is 10.3. The van der Waals surface area contributed by atoms with Crippen molar-refractivity contribution in [2.45, 2.75) is 0 Å². The van der Waals surface area contributed by atoms with Crippen LogP contribution in [-0.2, 0) is 4.74 Å². The summed E-state index contributed by atoms with van der Waals surface area (Å²) in [6, 6.07) is 4.56. The first-order valence-corrected chi connectivity index (χ1v) is 5.96. The predicted molar refractivity (Wildman–Crippen MR) is 68.8 cm³/mol. The number of fused-ring (bicyclic) bond motifs is 1. The lowest BCUT2D eigenvalue weighted by Gasteiger charge is -2.26. The molecule has 1 aromatic carbocycles. The Balaban J connectivity index is 1.82. The topological polar surface area (TPSA) is 96.3 Å². The van der Waals surface area contributed by atoms with Crippen LogP contribution >= 0.6 is 0 Å². The predicted octanol–water partition coefficient (Wildman–Crippen LogP) is 1.13. The highest BCUT2D eigenvalue weighted by molar-refractivity contribution is 5.79. The van der Waals surface area contributed by atoms with E-state index in [1.807, 2.05) is 5.01 Å². The third-order valence-corrected chi connectivity index (χ3v) is 2.95. The number of rotatable bonds is 3. The van der Waals surface area contributed by atoms with E-state index in [1.54, 1.807) is 6.07 Å². The van der Waals surface area contributed by atoms with Crippen LogP contribution in [0, 0.1) is 10.1 Å². The Hall–Kier alpha value is -2.19. The Morgan fingerprint density at radius 2 is 2.21 bits per heavy atom. The van der Waals surface area contributed by atoms with Gasteiger partial charge in [-0.05, 0) is 6.07 Å². The van der Waals surface area contributed by atoms with Gasteiger partial charge in [-0.2, -0.15) is 0 Å². The molecule has 2 heterocycles. The van der Waals surface area contributed by atoms with E-state index >= 15 is 0 Å². The molecule has 0 saturated carbocycles. The van der Waals surface area contributed by atoms with Crippen LogP contribution < -0.4 is 5.43 Å². The normalized spacial score (nSPS) is 16.6. The van der Waals surface area contributed by atoms with Gasteiger partial charge >= 0.3 is 0 Å². The van der Waals surface area contributed by atoms with Crippen LogP contribution in [0.3, 0.4) is 0 Å². The molecule has 0 spiro atoms. The minimum atomic E-state index is -0.421. The second-order valence-electron chi connectivity index (χ2n) is 4.26. The number of nitro groups is 1. The summed E-state index contributed by atoms with van der Waals surface area (Å²) >= 11 is 0. The number of nitrogens with zero attached hydrogens (tertiary/aromatic N) is 3. The summed E-state index contributed by atoms with van der Waals surface area (Å²) in [6.07, 6.45) is 0. The molecular weight excluding hydrogens is 250 g/mol. The number of nitro benzene ring substituents is 1. The van der Waals surface area contributed by atoms with Crippen molar-refractivity contribution >= 4 is 22.7 Å². The van der Waals surface area contributed by atoms with Gasteiger partial charge in [0.05, 0.1) is 29.2 Å². The molecule has 1 saturated heterocycles. The van der Waals surface area contributed by atoms with Gasteiger partial charge in [0, 0.05) is 25.2 Å². The fourth-order valence-electron chi connectivity index (χ4n) is 1.99. The highest BCUT2D eigenvalue weighted by atomic mass is 16.6. The highest BCUT2D eigenvalue weighted by Gasteiger charge is 2.13. The maximum Gasteiger partial charge on any atom is 0.271 e. The molecule has 3 rings (SSSR count). The summed E-state index contributed by atoms with van der Waals surface area (Å²) in [5, 5.41) is 12.7. The van der Waals surface area contributed by atoms with Gasteiger partial charge in [-0.3, -0.25) is 15.5 Å². The minimum absolute atomic E-state index is 0.0501. The number of nitrogens with one attached hydrogen (secondary N) is 2. The van der Waals surface area contributed by atoms with E-state index in [0.29, 0.717) is 30.2 Å². The second-order valence-corrected chi connectivity index (χ2v) is 4.26. The van der Waals surface area contributed by atoms with Crippen molar-refractivity contribution in [1.29, 1.82) is 0 Å². The summed E-state index contributed by atoms with van der Waals surface area (Å²) in [4.78, 5) is 17.6. The molecule has 1 aromatic heterocycles. The van der Waals surface area contributed by atoms with E-state index in [-0.39, 0.29) is 5.69 Å². The van der Waals surface area contributed by atoms with Crippen molar-refractivity contribution in [2.75, 3.05) is 31.7 Å². The number of hydrazine groups is 1. The fraction of sp³-hybridized carbons (Fsp3) is 0.364. The lowest BCUT2D eigenvalue weighted by Crippen LogP contribution is -2.40. The number of anilines is 1. The van der Waals surface area contributed by atoms with E-state index in [0.717, 1.165) is 13.1 Å². The van der Waals surface area contributed by atoms with Gasteiger partial charge in [-0.25, -0.2) is 9.99 Å². The number of aromatic nitrogens is 2. The van der Waals surface area contributed by atoms with E-state index in [2.05, 4.69) is 15.4 Å². The van der Waals surface area contributed by atoms with Crippen LogP contribution in [0.25, 0.3) is 11.0 Å². The quantitative estimate of drug-likeness (QED) is 0.636. The van der Waals surface area contributed by atoms with Gasteiger partial charge < -0.3 is 9.72 Å². The number of non-ortho nitro benzene ring substituents is 1. The summed E-state index contributed by atoms with van der Waals surface area (Å²) in [7, 11) is 0. The molecule has 1 fully saturated rings. The Morgan fingerprint density at radius 1 is 1.42 bits per heavy atom. The minimum Gasteiger partial charge on any atom is -0.379 e. The van der Waals surface area contributed by atoms with Crippen molar-refractivity contribution < 1.29 is 9.66 Å². The van der Waals surface area contributed by atoms with Crippen LogP contribution in [-0.4, -0.2) is 46.2 Å².